The van der Waals surface area contributed by atoms with Crippen LogP contribution in [0.5, 0.6) is 0 Å². The largest absolute Gasteiger partial charge is 0.207 e. The van der Waals surface area contributed by atoms with Gasteiger partial charge in [0.1, 0.15) is 5.82 Å². The predicted molar refractivity (Wildman–Crippen MR) is 88.6 cm³/mol. The summed E-state index contributed by atoms with van der Waals surface area (Å²) in [5.41, 5.74) is 1.75. The van der Waals surface area contributed by atoms with Crippen molar-refractivity contribution in [2.24, 2.45) is 0 Å². The molecule has 0 spiro atoms. The minimum absolute atomic E-state index is 0.0491. The van der Waals surface area contributed by atoms with Crippen molar-refractivity contribution < 1.29 is 4.39 Å². The van der Waals surface area contributed by atoms with E-state index in [-0.39, 0.29) is 10.6 Å². The van der Waals surface area contributed by atoms with Gasteiger partial charge in [-0.15, -0.1) is 11.3 Å². The molecule has 4 heteroatoms. The molecular formula is C16H11BrClFS. The van der Waals surface area contributed by atoms with E-state index in [1.165, 1.54) is 21.7 Å². The molecule has 0 saturated heterocycles. The summed E-state index contributed by atoms with van der Waals surface area (Å²) in [5.74, 6) is -0.249. The number of halogens is 3. The molecule has 0 bridgehead atoms. The summed E-state index contributed by atoms with van der Waals surface area (Å²) in [7, 11) is 0. The molecular weight excluding hydrogens is 359 g/mol. The van der Waals surface area contributed by atoms with Crippen molar-refractivity contribution in [2.45, 2.75) is 11.2 Å². The Morgan fingerprint density at radius 3 is 2.75 bits per heavy atom. The third-order valence-electron chi connectivity index (χ3n) is 3.29. The van der Waals surface area contributed by atoms with E-state index in [1.54, 1.807) is 23.5 Å². The standard InChI is InChI=1S/C16H11BrClFS/c17-13(8-11-14(18)5-3-6-15(11)19)12-9-20-16-7-2-1-4-10(12)16/h1-7,9,13H,8H2. The van der Waals surface area contributed by atoms with E-state index in [0.29, 0.717) is 17.0 Å². The molecule has 1 aromatic heterocycles. The average Bonchev–Trinajstić information content (AvgIpc) is 2.87. The molecule has 0 N–H and O–H groups in total. The predicted octanol–water partition coefficient (Wildman–Crippen LogP) is 6.37. The van der Waals surface area contributed by atoms with Crippen LogP contribution in [0.3, 0.4) is 0 Å². The summed E-state index contributed by atoms with van der Waals surface area (Å²) in [5, 5.41) is 3.82. The van der Waals surface area contributed by atoms with Crippen LogP contribution >= 0.6 is 38.9 Å². The first kappa shape index (κ1) is 14.1. The summed E-state index contributed by atoms with van der Waals surface area (Å²) in [4.78, 5) is 0.0491. The smallest absolute Gasteiger partial charge is 0.127 e. The molecule has 0 aliphatic rings. The van der Waals surface area contributed by atoms with Gasteiger partial charge < -0.3 is 0 Å². The SMILES string of the molecule is Fc1cccc(Cl)c1CC(Br)c1csc2ccccc12. The van der Waals surface area contributed by atoms with Crippen molar-refractivity contribution in [3.63, 3.8) is 0 Å². The van der Waals surface area contributed by atoms with Gasteiger partial charge in [-0.2, -0.15) is 0 Å². The maximum atomic E-state index is 13.9. The normalized spacial score (nSPS) is 12.8. The number of hydrogen-bond acceptors (Lipinski definition) is 1. The van der Waals surface area contributed by atoms with E-state index >= 15 is 0 Å². The first-order chi connectivity index (χ1) is 9.66. The molecule has 1 unspecified atom stereocenters. The molecule has 0 amide bonds. The summed E-state index contributed by atoms with van der Waals surface area (Å²) in [6.45, 7) is 0. The minimum atomic E-state index is -0.249. The van der Waals surface area contributed by atoms with Crippen molar-refractivity contribution in [3.8, 4) is 0 Å². The first-order valence-corrected chi connectivity index (χ1v) is 8.37. The van der Waals surface area contributed by atoms with Gasteiger partial charge in [0.15, 0.2) is 0 Å². The number of benzene rings is 2. The van der Waals surface area contributed by atoms with E-state index in [1.807, 2.05) is 12.1 Å². The monoisotopic (exact) mass is 368 g/mol. The Kier molecular flexibility index (Phi) is 4.11. The molecule has 3 rings (SSSR count). The van der Waals surface area contributed by atoms with Crippen LogP contribution in [0.2, 0.25) is 5.02 Å². The molecule has 0 fully saturated rings. The van der Waals surface area contributed by atoms with Crippen LogP contribution in [0.1, 0.15) is 16.0 Å². The minimum Gasteiger partial charge on any atom is -0.207 e. The Morgan fingerprint density at radius 2 is 1.95 bits per heavy atom. The molecule has 0 aliphatic carbocycles. The van der Waals surface area contributed by atoms with Crippen LogP contribution in [-0.2, 0) is 6.42 Å². The van der Waals surface area contributed by atoms with Gasteiger partial charge in [-0.1, -0.05) is 51.8 Å². The van der Waals surface area contributed by atoms with Crippen molar-refractivity contribution in [3.05, 3.63) is 69.8 Å². The second-order valence-electron chi connectivity index (χ2n) is 4.56. The average molecular weight is 370 g/mol. The van der Waals surface area contributed by atoms with Gasteiger partial charge in [0.25, 0.3) is 0 Å². The van der Waals surface area contributed by atoms with Crippen LogP contribution in [0.25, 0.3) is 10.1 Å². The molecule has 1 heterocycles. The molecule has 0 nitrogen and oxygen atoms in total. The molecule has 102 valence electrons. The van der Waals surface area contributed by atoms with Gasteiger partial charge in [0, 0.05) is 20.1 Å². The Balaban J connectivity index is 1.95. The van der Waals surface area contributed by atoms with Crippen molar-refractivity contribution in [2.75, 3.05) is 0 Å². The quantitative estimate of drug-likeness (QED) is 0.470. The third-order valence-corrected chi connectivity index (χ3v) is 5.45. The van der Waals surface area contributed by atoms with Gasteiger partial charge in [-0.3, -0.25) is 0 Å². The lowest BCUT2D eigenvalue weighted by atomic mass is 10.0. The van der Waals surface area contributed by atoms with E-state index in [2.05, 4.69) is 33.4 Å². The molecule has 0 aliphatic heterocycles. The molecule has 1 atom stereocenters. The van der Waals surface area contributed by atoms with Crippen molar-refractivity contribution in [1.29, 1.82) is 0 Å². The fraction of sp³-hybridized carbons (Fsp3) is 0.125. The lowest BCUT2D eigenvalue weighted by Crippen LogP contribution is -1.98. The topological polar surface area (TPSA) is 0 Å². The number of thiophene rings is 1. The summed E-state index contributed by atoms with van der Waals surface area (Å²) in [6, 6.07) is 13.0. The Labute approximate surface area is 134 Å². The highest BCUT2D eigenvalue weighted by Crippen LogP contribution is 2.37. The molecule has 0 radical (unpaired) electrons. The van der Waals surface area contributed by atoms with E-state index < -0.39 is 0 Å². The van der Waals surface area contributed by atoms with Crippen LogP contribution in [-0.4, -0.2) is 0 Å². The van der Waals surface area contributed by atoms with Gasteiger partial charge >= 0.3 is 0 Å². The zero-order valence-electron chi connectivity index (χ0n) is 10.4. The lowest BCUT2D eigenvalue weighted by molar-refractivity contribution is 0.608. The zero-order valence-corrected chi connectivity index (χ0v) is 13.6. The fourth-order valence-electron chi connectivity index (χ4n) is 2.26. The first-order valence-electron chi connectivity index (χ1n) is 6.20. The highest BCUT2D eigenvalue weighted by atomic mass is 79.9. The molecule has 2 aromatic carbocycles. The second-order valence-corrected chi connectivity index (χ2v) is 6.98. The Morgan fingerprint density at radius 1 is 1.15 bits per heavy atom. The van der Waals surface area contributed by atoms with Crippen LogP contribution in [0, 0.1) is 5.82 Å². The summed E-state index contributed by atoms with van der Waals surface area (Å²) in [6.07, 6.45) is 0.534. The van der Waals surface area contributed by atoms with E-state index in [9.17, 15) is 4.39 Å². The zero-order chi connectivity index (χ0) is 14.1. The summed E-state index contributed by atoms with van der Waals surface area (Å²) < 4.78 is 15.1. The number of rotatable bonds is 3. The van der Waals surface area contributed by atoms with Crippen LogP contribution in [0.15, 0.2) is 47.8 Å². The van der Waals surface area contributed by atoms with E-state index in [4.69, 9.17) is 11.6 Å². The van der Waals surface area contributed by atoms with Gasteiger partial charge in [-0.05, 0) is 40.9 Å². The molecule has 3 aromatic rings. The van der Waals surface area contributed by atoms with Gasteiger partial charge in [0.2, 0.25) is 0 Å². The number of fused-ring (bicyclic) bond motifs is 1. The van der Waals surface area contributed by atoms with E-state index in [0.717, 1.165) is 0 Å². The van der Waals surface area contributed by atoms with Crippen LogP contribution < -0.4 is 0 Å². The maximum Gasteiger partial charge on any atom is 0.127 e. The maximum absolute atomic E-state index is 13.9. The second kappa shape index (κ2) is 5.84. The lowest BCUT2D eigenvalue weighted by Gasteiger charge is -2.11. The molecule has 20 heavy (non-hydrogen) atoms. The van der Waals surface area contributed by atoms with Gasteiger partial charge in [-0.25, -0.2) is 4.39 Å². The van der Waals surface area contributed by atoms with Gasteiger partial charge in [0.05, 0.1) is 0 Å². The highest BCUT2D eigenvalue weighted by Gasteiger charge is 2.17. The van der Waals surface area contributed by atoms with Crippen LogP contribution in [0.4, 0.5) is 4.39 Å². The summed E-state index contributed by atoms with van der Waals surface area (Å²) >= 11 is 11.5. The Bertz CT molecular complexity index is 733. The van der Waals surface area contributed by atoms with Crippen molar-refractivity contribution in [1.82, 2.24) is 0 Å². The fourth-order valence-corrected chi connectivity index (χ4v) is 4.39. The number of alkyl halides is 1. The molecule has 0 saturated carbocycles. The highest BCUT2D eigenvalue weighted by molar-refractivity contribution is 9.09. The third kappa shape index (κ3) is 2.62. The Hall–Kier alpha value is -0.900. The number of hydrogen-bond donors (Lipinski definition) is 0. The van der Waals surface area contributed by atoms with Crippen molar-refractivity contribution >= 4 is 49.0 Å².